The van der Waals surface area contributed by atoms with E-state index in [4.69, 9.17) is 24.9 Å². The van der Waals surface area contributed by atoms with Gasteiger partial charge in [0.25, 0.3) is 0 Å². The number of hydrogen-bond acceptors (Lipinski definition) is 5. The van der Waals surface area contributed by atoms with Crippen molar-refractivity contribution in [2.45, 2.75) is 13.8 Å². The topological polar surface area (TPSA) is 64.5 Å². The standard InChI is InChI=1S/C45H31N5/c1-28-20-26-34(29(2)46-28)36-16-8-9-17-37(36)45-49-43(32-13-4-3-5-14-32)48-44(50-45)33-23-21-31(22-24-33)41-38-18-10-11-19-40(38)47-42-35-15-7-6-12-30(35)25-27-39(41)42/h3-27H,1-2H3. The molecule has 0 atom stereocenters. The van der Waals surface area contributed by atoms with Crippen LogP contribution in [-0.2, 0) is 0 Å². The molecule has 6 aromatic carbocycles. The Labute approximate surface area is 290 Å². The molecule has 0 aliphatic heterocycles. The number of nitrogens with zero attached hydrogens (tertiary/aromatic N) is 5. The minimum absolute atomic E-state index is 0.615. The number of aromatic nitrogens is 5. The summed E-state index contributed by atoms with van der Waals surface area (Å²) in [7, 11) is 0. The first kappa shape index (κ1) is 29.5. The van der Waals surface area contributed by atoms with Crippen molar-refractivity contribution in [2.24, 2.45) is 0 Å². The van der Waals surface area contributed by atoms with Crippen molar-refractivity contribution in [2.75, 3.05) is 0 Å². The van der Waals surface area contributed by atoms with Crippen LogP contribution in [-0.4, -0.2) is 24.9 Å². The molecule has 50 heavy (non-hydrogen) atoms. The van der Waals surface area contributed by atoms with Crippen LogP contribution in [0.2, 0.25) is 0 Å². The minimum Gasteiger partial charge on any atom is -0.258 e. The predicted octanol–water partition coefficient (Wildman–Crippen LogP) is 11.1. The lowest BCUT2D eigenvalue weighted by atomic mass is 9.93. The summed E-state index contributed by atoms with van der Waals surface area (Å²) >= 11 is 0. The van der Waals surface area contributed by atoms with Gasteiger partial charge in [-0.05, 0) is 42.5 Å². The van der Waals surface area contributed by atoms with Crippen LogP contribution in [0.3, 0.4) is 0 Å². The van der Waals surface area contributed by atoms with Gasteiger partial charge in [-0.15, -0.1) is 0 Å². The molecule has 0 bridgehead atoms. The first-order chi connectivity index (χ1) is 24.6. The van der Waals surface area contributed by atoms with E-state index in [0.717, 1.165) is 72.0 Å². The van der Waals surface area contributed by atoms with E-state index in [0.29, 0.717) is 17.5 Å². The highest BCUT2D eigenvalue weighted by Crippen LogP contribution is 2.39. The van der Waals surface area contributed by atoms with Gasteiger partial charge in [-0.2, -0.15) is 0 Å². The lowest BCUT2D eigenvalue weighted by Gasteiger charge is -2.14. The molecule has 5 heteroatoms. The number of aryl methyl sites for hydroxylation is 2. The molecule has 0 aliphatic rings. The van der Waals surface area contributed by atoms with Gasteiger partial charge in [0.2, 0.25) is 0 Å². The van der Waals surface area contributed by atoms with E-state index in [-0.39, 0.29) is 0 Å². The Morgan fingerprint density at radius 3 is 1.76 bits per heavy atom. The minimum atomic E-state index is 0.615. The van der Waals surface area contributed by atoms with E-state index in [1.165, 1.54) is 10.9 Å². The average Bonchev–Trinajstić information content (AvgIpc) is 3.17. The third kappa shape index (κ3) is 5.17. The zero-order valence-corrected chi connectivity index (χ0v) is 27.7. The summed E-state index contributed by atoms with van der Waals surface area (Å²) < 4.78 is 0. The van der Waals surface area contributed by atoms with Gasteiger partial charge in [-0.3, -0.25) is 4.98 Å². The molecule has 0 saturated heterocycles. The van der Waals surface area contributed by atoms with Gasteiger partial charge in [0.1, 0.15) is 0 Å². The summed E-state index contributed by atoms with van der Waals surface area (Å²) in [6.45, 7) is 4.06. The zero-order chi connectivity index (χ0) is 33.6. The quantitative estimate of drug-likeness (QED) is 0.138. The summed E-state index contributed by atoms with van der Waals surface area (Å²) in [6.07, 6.45) is 0. The third-order valence-corrected chi connectivity index (χ3v) is 9.36. The Morgan fingerprint density at radius 2 is 0.980 bits per heavy atom. The maximum atomic E-state index is 5.14. The molecule has 0 radical (unpaired) electrons. The second-order valence-electron chi connectivity index (χ2n) is 12.6. The van der Waals surface area contributed by atoms with Crippen LogP contribution in [0.15, 0.2) is 152 Å². The van der Waals surface area contributed by atoms with Crippen molar-refractivity contribution < 1.29 is 0 Å². The summed E-state index contributed by atoms with van der Waals surface area (Å²) in [6, 6.07) is 52.4. The molecular formula is C45H31N5. The van der Waals surface area contributed by atoms with Crippen molar-refractivity contribution in [1.82, 2.24) is 24.9 Å². The van der Waals surface area contributed by atoms with E-state index in [1.807, 2.05) is 62.4 Å². The van der Waals surface area contributed by atoms with Gasteiger partial charge in [-0.25, -0.2) is 19.9 Å². The lowest BCUT2D eigenvalue weighted by Crippen LogP contribution is -2.01. The number of rotatable bonds is 5. The highest BCUT2D eigenvalue weighted by Gasteiger charge is 2.18. The van der Waals surface area contributed by atoms with Gasteiger partial charge in [0, 0.05) is 55.4 Å². The third-order valence-electron chi connectivity index (χ3n) is 9.36. The smallest absolute Gasteiger partial charge is 0.164 e. The normalized spacial score (nSPS) is 11.4. The van der Waals surface area contributed by atoms with Crippen molar-refractivity contribution in [3.63, 3.8) is 0 Å². The van der Waals surface area contributed by atoms with Crippen molar-refractivity contribution in [1.29, 1.82) is 0 Å². The fourth-order valence-electron chi connectivity index (χ4n) is 6.95. The highest BCUT2D eigenvalue weighted by molar-refractivity contribution is 6.16. The highest BCUT2D eigenvalue weighted by atomic mass is 15.0. The van der Waals surface area contributed by atoms with E-state index >= 15 is 0 Å². The summed E-state index contributed by atoms with van der Waals surface area (Å²) in [5, 5.41) is 4.58. The molecule has 0 spiro atoms. The number of fused-ring (bicyclic) bond motifs is 4. The van der Waals surface area contributed by atoms with Crippen LogP contribution in [0.4, 0.5) is 0 Å². The fraction of sp³-hybridized carbons (Fsp3) is 0.0444. The van der Waals surface area contributed by atoms with Gasteiger partial charge in [-0.1, -0.05) is 140 Å². The summed E-state index contributed by atoms with van der Waals surface area (Å²) in [4.78, 5) is 25.1. The summed E-state index contributed by atoms with van der Waals surface area (Å²) in [5.41, 5.74) is 11.1. The molecule has 0 saturated carbocycles. The van der Waals surface area contributed by atoms with Crippen LogP contribution < -0.4 is 0 Å². The van der Waals surface area contributed by atoms with Crippen molar-refractivity contribution >= 4 is 32.6 Å². The monoisotopic (exact) mass is 641 g/mol. The Balaban J connectivity index is 1.21. The van der Waals surface area contributed by atoms with Gasteiger partial charge >= 0.3 is 0 Å². The van der Waals surface area contributed by atoms with Crippen LogP contribution in [0.1, 0.15) is 11.4 Å². The molecule has 0 N–H and O–H groups in total. The van der Waals surface area contributed by atoms with Crippen LogP contribution in [0.25, 0.3) is 89.0 Å². The SMILES string of the molecule is Cc1ccc(-c2ccccc2-c2nc(-c3ccccc3)nc(-c3ccc(-c4c5ccccc5nc5c4ccc4ccccc45)cc3)n2)c(C)n1. The van der Waals surface area contributed by atoms with Crippen LogP contribution in [0.5, 0.6) is 0 Å². The molecule has 0 fully saturated rings. The Hall–Kier alpha value is -6.59. The number of pyridine rings is 2. The van der Waals surface area contributed by atoms with Gasteiger partial charge < -0.3 is 0 Å². The largest absolute Gasteiger partial charge is 0.258 e. The second-order valence-corrected chi connectivity index (χ2v) is 12.6. The Bertz CT molecular complexity index is 2720. The van der Waals surface area contributed by atoms with Gasteiger partial charge in [0.15, 0.2) is 17.5 Å². The molecule has 236 valence electrons. The number of para-hydroxylation sites is 1. The zero-order valence-electron chi connectivity index (χ0n) is 27.7. The van der Waals surface area contributed by atoms with E-state index in [2.05, 4.69) is 103 Å². The maximum absolute atomic E-state index is 5.14. The number of benzene rings is 6. The molecule has 5 nitrogen and oxygen atoms in total. The second kappa shape index (κ2) is 12.1. The first-order valence-electron chi connectivity index (χ1n) is 16.8. The summed E-state index contributed by atoms with van der Waals surface area (Å²) in [5.74, 6) is 1.86. The average molecular weight is 642 g/mol. The van der Waals surface area contributed by atoms with E-state index in [1.54, 1.807) is 0 Å². The Morgan fingerprint density at radius 1 is 0.360 bits per heavy atom. The van der Waals surface area contributed by atoms with E-state index in [9.17, 15) is 0 Å². The molecule has 0 aliphatic carbocycles. The molecule has 9 rings (SSSR count). The molecule has 9 aromatic rings. The molecule has 0 unspecified atom stereocenters. The van der Waals surface area contributed by atoms with Gasteiger partial charge in [0.05, 0.1) is 11.0 Å². The van der Waals surface area contributed by atoms with Crippen LogP contribution >= 0.6 is 0 Å². The maximum Gasteiger partial charge on any atom is 0.164 e. The first-order valence-corrected chi connectivity index (χ1v) is 16.8. The molecular weight excluding hydrogens is 611 g/mol. The Kier molecular flexibility index (Phi) is 7.17. The lowest BCUT2D eigenvalue weighted by molar-refractivity contribution is 1.07. The van der Waals surface area contributed by atoms with E-state index < -0.39 is 0 Å². The van der Waals surface area contributed by atoms with Crippen LogP contribution in [0, 0.1) is 13.8 Å². The van der Waals surface area contributed by atoms with Crippen molar-refractivity contribution in [3.8, 4) is 56.4 Å². The fourth-order valence-corrected chi connectivity index (χ4v) is 6.95. The molecule has 0 amide bonds. The van der Waals surface area contributed by atoms with Crippen molar-refractivity contribution in [3.05, 3.63) is 163 Å². The molecule has 3 aromatic heterocycles. The predicted molar refractivity (Wildman–Crippen MR) is 205 cm³/mol. The molecule has 3 heterocycles. The number of hydrogen-bond donors (Lipinski definition) is 0.